The summed E-state index contributed by atoms with van der Waals surface area (Å²) in [7, 11) is 0. The molecule has 2 heterocycles. The second-order valence-electron chi connectivity index (χ2n) is 5.19. The van der Waals surface area contributed by atoms with Gasteiger partial charge in [0, 0.05) is 24.2 Å². The highest BCUT2D eigenvalue weighted by Gasteiger charge is 2.06. The van der Waals surface area contributed by atoms with E-state index in [-0.39, 0.29) is 0 Å². The Morgan fingerprint density at radius 2 is 1.55 bits per heavy atom. The van der Waals surface area contributed by atoms with Crippen LogP contribution in [0.2, 0.25) is 0 Å². The van der Waals surface area contributed by atoms with Crippen LogP contribution < -0.4 is 0 Å². The van der Waals surface area contributed by atoms with Crippen molar-refractivity contribution < 1.29 is 0 Å². The Morgan fingerprint density at radius 1 is 0.636 bits per heavy atom. The second-order valence-corrected chi connectivity index (χ2v) is 5.19. The Labute approximate surface area is 129 Å². The van der Waals surface area contributed by atoms with E-state index in [2.05, 4.69) is 46.4 Å². The largest absolute Gasteiger partial charge is 0.265 e. The molecule has 22 heavy (non-hydrogen) atoms. The van der Waals surface area contributed by atoms with E-state index in [1.54, 1.807) is 0 Å². The smallest absolute Gasteiger partial charge is 0.0708 e. The van der Waals surface area contributed by atoms with Gasteiger partial charge in [-0.05, 0) is 52.2 Å². The van der Waals surface area contributed by atoms with E-state index in [0.29, 0.717) is 0 Å². The molecule has 0 saturated carbocycles. The fraction of sp³-hybridized carbons (Fsp3) is 0. The van der Waals surface area contributed by atoms with Crippen LogP contribution in [0.25, 0.3) is 33.2 Å². The molecular weight excluding hydrogens is 268 g/mol. The Hall–Kier alpha value is -3.00. The first-order valence-electron chi connectivity index (χ1n) is 7.26. The zero-order chi connectivity index (χ0) is 14.8. The fourth-order valence-electron chi connectivity index (χ4n) is 2.75. The lowest BCUT2D eigenvalue weighted by Gasteiger charge is -2.08. The summed E-state index contributed by atoms with van der Waals surface area (Å²) in [5.41, 5.74) is 4.55. The van der Waals surface area contributed by atoms with Gasteiger partial charge >= 0.3 is 0 Å². The first-order chi connectivity index (χ1) is 10.9. The molecule has 0 amide bonds. The van der Waals surface area contributed by atoms with Gasteiger partial charge in [-0.1, -0.05) is 36.4 Å². The molecule has 0 fully saturated rings. The molecule has 4 aromatic rings. The van der Waals surface area contributed by atoms with E-state index >= 15 is 0 Å². The summed E-state index contributed by atoms with van der Waals surface area (Å²) in [4.78, 5) is 8.55. The summed E-state index contributed by atoms with van der Waals surface area (Å²) >= 11 is 0. The summed E-state index contributed by atoms with van der Waals surface area (Å²) in [6, 6.07) is 23.0. The predicted molar refractivity (Wildman–Crippen MR) is 90.4 cm³/mol. The number of fused-ring (bicyclic) bond motifs is 1. The van der Waals surface area contributed by atoms with Gasteiger partial charge in [-0.3, -0.25) is 9.97 Å². The molecule has 4 rings (SSSR count). The molecular formula is C20H14N2. The van der Waals surface area contributed by atoms with Crippen molar-refractivity contribution in [1.29, 1.82) is 0 Å². The van der Waals surface area contributed by atoms with E-state index in [0.717, 1.165) is 5.69 Å². The molecule has 2 aromatic heterocycles. The quantitative estimate of drug-likeness (QED) is 0.519. The average Bonchev–Trinajstić information content (AvgIpc) is 2.62. The highest BCUT2D eigenvalue weighted by atomic mass is 14.7. The van der Waals surface area contributed by atoms with Crippen LogP contribution in [0.1, 0.15) is 0 Å². The van der Waals surface area contributed by atoms with Crippen molar-refractivity contribution >= 4 is 10.8 Å². The van der Waals surface area contributed by atoms with E-state index in [9.17, 15) is 0 Å². The van der Waals surface area contributed by atoms with E-state index in [1.165, 1.54) is 27.5 Å². The van der Waals surface area contributed by atoms with Crippen molar-refractivity contribution in [3.63, 3.8) is 0 Å². The topological polar surface area (TPSA) is 25.8 Å². The second kappa shape index (κ2) is 5.41. The average molecular weight is 282 g/mol. The van der Waals surface area contributed by atoms with Crippen LogP contribution in [0.5, 0.6) is 0 Å². The zero-order valence-corrected chi connectivity index (χ0v) is 12.0. The van der Waals surface area contributed by atoms with Gasteiger partial charge in [0.05, 0.1) is 5.69 Å². The van der Waals surface area contributed by atoms with Crippen LogP contribution in [0, 0.1) is 0 Å². The van der Waals surface area contributed by atoms with Crippen molar-refractivity contribution in [3.05, 3.63) is 85.3 Å². The predicted octanol–water partition coefficient (Wildman–Crippen LogP) is 4.96. The van der Waals surface area contributed by atoms with Crippen molar-refractivity contribution in [2.24, 2.45) is 0 Å². The van der Waals surface area contributed by atoms with Crippen LogP contribution in [0.3, 0.4) is 0 Å². The minimum absolute atomic E-state index is 1.00. The van der Waals surface area contributed by atoms with Crippen LogP contribution in [-0.4, -0.2) is 9.97 Å². The summed E-state index contributed by atoms with van der Waals surface area (Å²) in [6.45, 7) is 0. The molecule has 0 N–H and O–H groups in total. The molecule has 0 bridgehead atoms. The molecule has 0 aliphatic rings. The summed E-state index contributed by atoms with van der Waals surface area (Å²) in [5.74, 6) is 0. The highest BCUT2D eigenvalue weighted by molar-refractivity contribution is 5.97. The van der Waals surface area contributed by atoms with Crippen molar-refractivity contribution in [1.82, 2.24) is 9.97 Å². The number of nitrogens with zero attached hydrogens (tertiary/aromatic N) is 2. The van der Waals surface area contributed by atoms with Gasteiger partial charge in [0.2, 0.25) is 0 Å². The number of hydrogen-bond acceptors (Lipinski definition) is 2. The van der Waals surface area contributed by atoms with Crippen LogP contribution >= 0.6 is 0 Å². The monoisotopic (exact) mass is 282 g/mol. The third-order valence-corrected chi connectivity index (χ3v) is 3.83. The first-order valence-corrected chi connectivity index (χ1v) is 7.26. The third-order valence-electron chi connectivity index (χ3n) is 3.83. The standard InChI is InChI=1S/C20H14N2/c1-2-11-22-20(6-1)19-5-3-4-17-14-16(7-8-18(17)19)15-9-12-21-13-10-15/h1-14H. The van der Waals surface area contributed by atoms with Crippen molar-refractivity contribution in [3.8, 4) is 22.4 Å². The maximum Gasteiger partial charge on any atom is 0.0708 e. The lowest BCUT2D eigenvalue weighted by molar-refractivity contribution is 1.33. The minimum Gasteiger partial charge on any atom is -0.265 e. The fourth-order valence-corrected chi connectivity index (χ4v) is 2.75. The summed E-state index contributed by atoms with van der Waals surface area (Å²) in [6.07, 6.45) is 5.48. The molecule has 104 valence electrons. The molecule has 0 unspecified atom stereocenters. The normalized spacial score (nSPS) is 10.7. The van der Waals surface area contributed by atoms with E-state index in [4.69, 9.17) is 0 Å². The van der Waals surface area contributed by atoms with Gasteiger partial charge in [-0.15, -0.1) is 0 Å². The van der Waals surface area contributed by atoms with Gasteiger partial charge < -0.3 is 0 Å². The lowest BCUT2D eigenvalue weighted by Crippen LogP contribution is -1.85. The van der Waals surface area contributed by atoms with Gasteiger partial charge in [0.25, 0.3) is 0 Å². The van der Waals surface area contributed by atoms with Gasteiger partial charge in [0.15, 0.2) is 0 Å². The van der Waals surface area contributed by atoms with Crippen LogP contribution in [0.15, 0.2) is 85.3 Å². The van der Waals surface area contributed by atoms with Crippen LogP contribution in [-0.2, 0) is 0 Å². The number of aromatic nitrogens is 2. The molecule has 0 radical (unpaired) electrons. The Balaban J connectivity index is 1.90. The maximum atomic E-state index is 4.47. The van der Waals surface area contributed by atoms with Crippen molar-refractivity contribution in [2.45, 2.75) is 0 Å². The maximum absolute atomic E-state index is 4.47. The SMILES string of the molecule is c1ccc(-c2cccc3cc(-c4ccncc4)ccc23)nc1. The third kappa shape index (κ3) is 2.25. The Bertz CT molecular complexity index is 916. The van der Waals surface area contributed by atoms with E-state index in [1.807, 2.05) is 48.9 Å². The van der Waals surface area contributed by atoms with Crippen LogP contribution in [0.4, 0.5) is 0 Å². The Kier molecular flexibility index (Phi) is 3.13. The van der Waals surface area contributed by atoms with Gasteiger partial charge in [-0.25, -0.2) is 0 Å². The highest BCUT2D eigenvalue weighted by Crippen LogP contribution is 2.30. The molecule has 0 saturated heterocycles. The number of pyridine rings is 2. The minimum atomic E-state index is 1.00. The summed E-state index contributed by atoms with van der Waals surface area (Å²) in [5, 5.41) is 2.44. The van der Waals surface area contributed by atoms with Crippen molar-refractivity contribution in [2.75, 3.05) is 0 Å². The zero-order valence-electron chi connectivity index (χ0n) is 12.0. The molecule has 2 aromatic carbocycles. The molecule has 0 atom stereocenters. The number of rotatable bonds is 2. The molecule has 0 aliphatic carbocycles. The number of benzene rings is 2. The summed E-state index contributed by atoms with van der Waals surface area (Å²) < 4.78 is 0. The molecule has 0 aliphatic heterocycles. The number of hydrogen-bond donors (Lipinski definition) is 0. The first kappa shape index (κ1) is 12.7. The van der Waals surface area contributed by atoms with Gasteiger partial charge in [-0.2, -0.15) is 0 Å². The molecule has 2 nitrogen and oxygen atoms in total. The van der Waals surface area contributed by atoms with Gasteiger partial charge in [0.1, 0.15) is 0 Å². The molecule has 2 heteroatoms. The Morgan fingerprint density at radius 3 is 2.36 bits per heavy atom. The van der Waals surface area contributed by atoms with E-state index < -0.39 is 0 Å². The lowest BCUT2D eigenvalue weighted by atomic mass is 9.97. The molecule has 0 spiro atoms.